The molecular formula is C17H21ClF3N3O3. The molecule has 0 bridgehead atoms. The lowest BCUT2D eigenvalue weighted by Crippen LogP contribution is -2.53. The van der Waals surface area contributed by atoms with E-state index >= 15 is 0 Å². The predicted molar refractivity (Wildman–Crippen MR) is 94.4 cm³/mol. The Hall–Kier alpha value is -1.84. The molecule has 0 saturated carbocycles. The second-order valence-electron chi connectivity index (χ2n) is 6.63. The fourth-order valence-corrected chi connectivity index (χ4v) is 2.80. The van der Waals surface area contributed by atoms with Crippen LogP contribution in [-0.4, -0.2) is 71.2 Å². The zero-order chi connectivity index (χ0) is 20.2. The van der Waals surface area contributed by atoms with Crippen molar-refractivity contribution in [3.63, 3.8) is 0 Å². The number of carbonyl (C=O) groups is 2. The maximum atomic E-state index is 12.7. The first-order valence-corrected chi connectivity index (χ1v) is 8.71. The van der Waals surface area contributed by atoms with Gasteiger partial charge in [-0.25, -0.2) is 0 Å². The van der Waals surface area contributed by atoms with E-state index in [0.29, 0.717) is 30.7 Å². The number of rotatable bonds is 5. The fraction of sp³-hybridized carbons (Fsp3) is 0.529. The van der Waals surface area contributed by atoms with Crippen molar-refractivity contribution in [1.29, 1.82) is 0 Å². The van der Waals surface area contributed by atoms with Gasteiger partial charge in [-0.3, -0.25) is 14.5 Å². The van der Waals surface area contributed by atoms with Crippen LogP contribution in [0.4, 0.5) is 18.9 Å². The summed E-state index contributed by atoms with van der Waals surface area (Å²) in [7, 11) is 0. The van der Waals surface area contributed by atoms with Gasteiger partial charge in [-0.15, -0.1) is 0 Å². The average molecular weight is 408 g/mol. The van der Waals surface area contributed by atoms with E-state index in [2.05, 4.69) is 5.32 Å². The zero-order valence-corrected chi connectivity index (χ0v) is 15.5. The molecule has 1 atom stereocenters. The van der Waals surface area contributed by atoms with Crippen LogP contribution in [-0.2, 0) is 9.59 Å². The SMILES string of the molecule is C[C@@](O)(CC(=O)N1CCN(CC(=O)Nc2ccccc2Cl)CC1)C(F)(F)F. The molecule has 6 nitrogen and oxygen atoms in total. The van der Waals surface area contributed by atoms with Crippen LogP contribution < -0.4 is 5.32 Å². The summed E-state index contributed by atoms with van der Waals surface area (Å²) < 4.78 is 38.1. The largest absolute Gasteiger partial charge is 0.417 e. The molecular weight excluding hydrogens is 387 g/mol. The number of hydrogen-bond donors (Lipinski definition) is 2. The van der Waals surface area contributed by atoms with E-state index in [-0.39, 0.29) is 25.5 Å². The summed E-state index contributed by atoms with van der Waals surface area (Å²) in [6, 6.07) is 6.80. The van der Waals surface area contributed by atoms with Gasteiger partial charge in [0.05, 0.1) is 23.7 Å². The van der Waals surface area contributed by atoms with Crippen LogP contribution in [0, 0.1) is 0 Å². The van der Waals surface area contributed by atoms with E-state index in [1.807, 2.05) is 0 Å². The first-order valence-electron chi connectivity index (χ1n) is 8.33. The number of halogens is 4. The molecule has 1 aliphatic heterocycles. The third-order valence-corrected chi connectivity index (χ3v) is 4.68. The molecule has 1 fully saturated rings. The molecule has 1 aromatic rings. The Morgan fingerprint density at radius 2 is 1.78 bits per heavy atom. The van der Waals surface area contributed by atoms with E-state index in [4.69, 9.17) is 11.6 Å². The van der Waals surface area contributed by atoms with Crippen LogP contribution in [0.25, 0.3) is 0 Å². The summed E-state index contributed by atoms with van der Waals surface area (Å²) in [6.07, 6.45) is -5.90. The van der Waals surface area contributed by atoms with Crippen molar-refractivity contribution in [2.75, 3.05) is 38.0 Å². The average Bonchev–Trinajstić information content (AvgIpc) is 2.56. The van der Waals surface area contributed by atoms with Gasteiger partial charge in [0.2, 0.25) is 11.8 Å². The number of piperazine rings is 1. The van der Waals surface area contributed by atoms with E-state index in [0.717, 1.165) is 0 Å². The van der Waals surface area contributed by atoms with Gasteiger partial charge >= 0.3 is 6.18 Å². The molecule has 27 heavy (non-hydrogen) atoms. The quantitative estimate of drug-likeness (QED) is 0.784. The van der Waals surface area contributed by atoms with Gasteiger partial charge in [0.15, 0.2) is 5.60 Å². The molecule has 1 aromatic carbocycles. The van der Waals surface area contributed by atoms with E-state index in [9.17, 15) is 27.9 Å². The Bertz CT molecular complexity index is 689. The number of alkyl halides is 3. The summed E-state index contributed by atoms with van der Waals surface area (Å²) in [5.74, 6) is -1.04. The lowest BCUT2D eigenvalue weighted by atomic mass is 10.0. The standard InChI is InChI=1S/C17H21ClF3N3O3/c1-16(27,17(19,20)21)10-15(26)24-8-6-23(7-9-24)11-14(25)22-13-5-3-2-4-12(13)18/h2-5,27H,6-11H2,1H3,(H,22,25)/t16-/m1/s1. The van der Waals surface area contributed by atoms with Gasteiger partial charge in [0, 0.05) is 26.2 Å². The summed E-state index contributed by atoms with van der Waals surface area (Å²) in [5, 5.41) is 12.5. The molecule has 2 amide bonds. The highest BCUT2D eigenvalue weighted by molar-refractivity contribution is 6.33. The number of benzene rings is 1. The number of nitrogens with zero attached hydrogens (tertiary/aromatic N) is 2. The van der Waals surface area contributed by atoms with Gasteiger partial charge < -0.3 is 15.3 Å². The molecule has 2 rings (SSSR count). The summed E-state index contributed by atoms with van der Waals surface area (Å²) in [6.45, 7) is 1.72. The molecule has 0 spiro atoms. The van der Waals surface area contributed by atoms with Gasteiger partial charge in [-0.05, 0) is 19.1 Å². The molecule has 1 saturated heterocycles. The zero-order valence-electron chi connectivity index (χ0n) is 14.7. The Morgan fingerprint density at radius 3 is 2.33 bits per heavy atom. The molecule has 1 aliphatic rings. The first-order chi connectivity index (χ1) is 12.5. The second kappa shape index (κ2) is 8.45. The molecule has 0 radical (unpaired) electrons. The molecule has 1 heterocycles. The van der Waals surface area contributed by atoms with Crippen molar-refractivity contribution in [2.24, 2.45) is 0 Å². The van der Waals surface area contributed by atoms with Crippen molar-refractivity contribution >= 4 is 29.1 Å². The summed E-state index contributed by atoms with van der Waals surface area (Å²) >= 11 is 5.98. The van der Waals surface area contributed by atoms with Crippen molar-refractivity contribution in [1.82, 2.24) is 9.80 Å². The lowest BCUT2D eigenvalue weighted by Gasteiger charge is -2.36. The third kappa shape index (κ3) is 5.82. The van der Waals surface area contributed by atoms with Crippen molar-refractivity contribution < 1.29 is 27.9 Å². The molecule has 10 heteroatoms. The van der Waals surface area contributed by atoms with Gasteiger partial charge in [-0.1, -0.05) is 23.7 Å². The third-order valence-electron chi connectivity index (χ3n) is 4.35. The monoisotopic (exact) mass is 407 g/mol. The van der Waals surface area contributed by atoms with E-state index in [1.54, 1.807) is 29.2 Å². The van der Waals surface area contributed by atoms with E-state index < -0.39 is 24.1 Å². The molecule has 0 unspecified atom stereocenters. The number of nitrogens with one attached hydrogen (secondary N) is 1. The highest BCUT2D eigenvalue weighted by Crippen LogP contribution is 2.33. The van der Waals surface area contributed by atoms with Gasteiger partial charge in [-0.2, -0.15) is 13.2 Å². The number of hydrogen-bond acceptors (Lipinski definition) is 4. The Labute approximate surface area is 159 Å². The smallest absolute Gasteiger partial charge is 0.380 e. The van der Waals surface area contributed by atoms with Crippen LogP contribution in [0.1, 0.15) is 13.3 Å². The topological polar surface area (TPSA) is 72.9 Å². The van der Waals surface area contributed by atoms with Gasteiger partial charge in [0.1, 0.15) is 0 Å². The lowest BCUT2D eigenvalue weighted by molar-refractivity contribution is -0.254. The minimum atomic E-state index is -4.87. The van der Waals surface area contributed by atoms with Crippen LogP contribution in [0.2, 0.25) is 5.02 Å². The summed E-state index contributed by atoms with van der Waals surface area (Å²) in [4.78, 5) is 27.2. The molecule has 0 aromatic heterocycles. The number of aliphatic hydroxyl groups is 1. The fourth-order valence-electron chi connectivity index (χ4n) is 2.62. The number of carbonyl (C=O) groups excluding carboxylic acids is 2. The maximum Gasteiger partial charge on any atom is 0.417 e. The summed E-state index contributed by atoms with van der Waals surface area (Å²) in [5.41, 5.74) is -2.57. The first kappa shape index (κ1) is 21.5. The molecule has 0 aliphatic carbocycles. The van der Waals surface area contributed by atoms with Crippen molar-refractivity contribution in [3.05, 3.63) is 29.3 Å². The Balaban J connectivity index is 1.80. The van der Waals surface area contributed by atoms with Crippen LogP contribution >= 0.6 is 11.6 Å². The van der Waals surface area contributed by atoms with Crippen LogP contribution in [0.5, 0.6) is 0 Å². The predicted octanol–water partition coefficient (Wildman–Crippen LogP) is 2.13. The number of amides is 2. The minimum Gasteiger partial charge on any atom is -0.380 e. The van der Waals surface area contributed by atoms with Gasteiger partial charge in [0.25, 0.3) is 0 Å². The van der Waals surface area contributed by atoms with Crippen LogP contribution in [0.15, 0.2) is 24.3 Å². The van der Waals surface area contributed by atoms with Crippen molar-refractivity contribution in [2.45, 2.75) is 25.1 Å². The Kier molecular flexibility index (Phi) is 6.72. The highest BCUT2D eigenvalue weighted by Gasteiger charge is 2.51. The second-order valence-corrected chi connectivity index (χ2v) is 7.04. The van der Waals surface area contributed by atoms with E-state index in [1.165, 1.54) is 4.90 Å². The number of anilines is 1. The normalized spacial score (nSPS) is 18.1. The molecule has 2 N–H and O–H groups in total. The van der Waals surface area contributed by atoms with Crippen LogP contribution in [0.3, 0.4) is 0 Å². The highest BCUT2D eigenvalue weighted by atomic mass is 35.5. The minimum absolute atomic E-state index is 0.0769. The Morgan fingerprint density at radius 1 is 1.19 bits per heavy atom. The maximum absolute atomic E-state index is 12.7. The number of para-hydroxylation sites is 1. The van der Waals surface area contributed by atoms with Crippen molar-refractivity contribution in [3.8, 4) is 0 Å². The molecule has 150 valence electrons.